The first kappa shape index (κ1) is 15.3. The van der Waals surface area contributed by atoms with Crippen molar-refractivity contribution in [2.24, 2.45) is 0 Å². The van der Waals surface area contributed by atoms with Gasteiger partial charge in [-0.15, -0.1) is 6.58 Å². The maximum Gasteiger partial charge on any atom is 0.166 e. The predicted octanol–water partition coefficient (Wildman–Crippen LogP) is 3.10. The van der Waals surface area contributed by atoms with E-state index in [0.29, 0.717) is 10.6 Å². The minimum atomic E-state index is -0.661. The van der Waals surface area contributed by atoms with Gasteiger partial charge in [-0.25, -0.2) is 4.39 Å². The molecule has 3 nitrogen and oxygen atoms in total. The standard InChI is InChI=1S/C15H20ClFN2O/c1-2-3-4-14(19-7-5-18-6-8-19)12-9-11(16)10-13(17)15(12)20/h2,9-10,14,18,20H,1,3-8H2/t14-/m1/s1. The third kappa shape index (κ3) is 3.51. The van der Waals surface area contributed by atoms with Crippen LogP contribution in [-0.4, -0.2) is 36.2 Å². The van der Waals surface area contributed by atoms with Crippen molar-refractivity contribution in [1.29, 1.82) is 0 Å². The van der Waals surface area contributed by atoms with Crippen molar-refractivity contribution in [3.05, 3.63) is 41.2 Å². The van der Waals surface area contributed by atoms with Crippen LogP contribution in [0.1, 0.15) is 24.4 Å². The molecule has 0 amide bonds. The molecule has 2 rings (SSSR count). The SMILES string of the molecule is C=CCC[C@H](c1cc(Cl)cc(F)c1O)N1CCNCC1. The zero-order chi connectivity index (χ0) is 14.5. The summed E-state index contributed by atoms with van der Waals surface area (Å²) in [5.74, 6) is -0.951. The number of piperazine rings is 1. The Hall–Kier alpha value is -1.10. The van der Waals surface area contributed by atoms with Crippen LogP contribution in [-0.2, 0) is 0 Å². The van der Waals surface area contributed by atoms with Crippen LogP contribution in [0.2, 0.25) is 5.02 Å². The second-order valence-corrected chi connectivity index (χ2v) is 5.43. The van der Waals surface area contributed by atoms with E-state index in [4.69, 9.17) is 11.6 Å². The van der Waals surface area contributed by atoms with Gasteiger partial charge in [0.15, 0.2) is 11.6 Å². The van der Waals surface area contributed by atoms with Crippen molar-refractivity contribution in [1.82, 2.24) is 10.2 Å². The topological polar surface area (TPSA) is 35.5 Å². The first-order valence-corrected chi connectivity index (χ1v) is 7.25. The molecule has 0 radical (unpaired) electrons. The van der Waals surface area contributed by atoms with E-state index in [-0.39, 0.29) is 11.8 Å². The minimum absolute atomic E-state index is 0.0386. The number of allylic oxidation sites excluding steroid dienone is 1. The lowest BCUT2D eigenvalue weighted by atomic mass is 9.98. The van der Waals surface area contributed by atoms with Gasteiger partial charge in [0.05, 0.1) is 0 Å². The Bertz CT molecular complexity index is 475. The van der Waals surface area contributed by atoms with E-state index in [2.05, 4.69) is 16.8 Å². The van der Waals surface area contributed by atoms with Crippen LogP contribution >= 0.6 is 11.6 Å². The molecule has 0 bridgehead atoms. The molecule has 1 heterocycles. The van der Waals surface area contributed by atoms with E-state index < -0.39 is 5.82 Å². The van der Waals surface area contributed by atoms with Crippen LogP contribution in [0.15, 0.2) is 24.8 Å². The second kappa shape index (κ2) is 7.07. The summed E-state index contributed by atoms with van der Waals surface area (Å²) in [6.07, 6.45) is 3.44. The van der Waals surface area contributed by atoms with Crippen molar-refractivity contribution in [3.63, 3.8) is 0 Å². The van der Waals surface area contributed by atoms with Gasteiger partial charge in [0.25, 0.3) is 0 Å². The lowest BCUT2D eigenvalue weighted by Crippen LogP contribution is -2.45. The normalized spacial score (nSPS) is 17.9. The van der Waals surface area contributed by atoms with Gasteiger partial charge in [0.1, 0.15) is 0 Å². The maximum absolute atomic E-state index is 13.7. The van der Waals surface area contributed by atoms with Crippen molar-refractivity contribution >= 4 is 11.6 Å². The quantitative estimate of drug-likeness (QED) is 0.820. The molecule has 0 saturated carbocycles. The summed E-state index contributed by atoms with van der Waals surface area (Å²) >= 11 is 5.94. The fraction of sp³-hybridized carbons (Fsp3) is 0.467. The number of hydrogen-bond donors (Lipinski definition) is 2. The molecule has 1 saturated heterocycles. The van der Waals surface area contributed by atoms with Crippen LogP contribution < -0.4 is 5.32 Å². The Morgan fingerprint density at radius 2 is 2.15 bits per heavy atom. The highest BCUT2D eigenvalue weighted by Gasteiger charge is 2.25. The minimum Gasteiger partial charge on any atom is -0.505 e. The first-order valence-electron chi connectivity index (χ1n) is 6.87. The highest BCUT2D eigenvalue weighted by molar-refractivity contribution is 6.30. The Balaban J connectivity index is 2.31. The Kier molecular flexibility index (Phi) is 5.40. The molecule has 0 aliphatic carbocycles. The number of benzene rings is 1. The molecule has 1 aromatic rings. The first-order chi connectivity index (χ1) is 9.63. The van der Waals surface area contributed by atoms with Crippen LogP contribution in [0.3, 0.4) is 0 Å². The number of hydrogen-bond acceptors (Lipinski definition) is 3. The summed E-state index contributed by atoms with van der Waals surface area (Å²) in [4.78, 5) is 2.25. The summed E-state index contributed by atoms with van der Waals surface area (Å²) in [7, 11) is 0. The summed E-state index contributed by atoms with van der Waals surface area (Å²) in [5.41, 5.74) is 0.568. The van der Waals surface area contributed by atoms with Gasteiger partial charge in [-0.05, 0) is 25.0 Å². The van der Waals surface area contributed by atoms with Gasteiger partial charge < -0.3 is 10.4 Å². The van der Waals surface area contributed by atoms with Crippen LogP contribution in [0.25, 0.3) is 0 Å². The number of rotatable bonds is 5. The highest BCUT2D eigenvalue weighted by Crippen LogP contribution is 2.36. The number of phenolic OH excluding ortho intramolecular Hbond substituents is 1. The number of halogens is 2. The van der Waals surface area contributed by atoms with Crippen molar-refractivity contribution in [2.45, 2.75) is 18.9 Å². The molecule has 0 unspecified atom stereocenters. The van der Waals surface area contributed by atoms with Gasteiger partial charge >= 0.3 is 0 Å². The number of nitrogens with zero attached hydrogens (tertiary/aromatic N) is 1. The van der Waals surface area contributed by atoms with Crippen LogP contribution in [0.4, 0.5) is 4.39 Å². The fourth-order valence-electron chi connectivity index (χ4n) is 2.64. The van der Waals surface area contributed by atoms with E-state index in [0.717, 1.165) is 45.1 Å². The molecule has 20 heavy (non-hydrogen) atoms. The Morgan fingerprint density at radius 3 is 2.80 bits per heavy atom. The van der Waals surface area contributed by atoms with E-state index in [1.54, 1.807) is 6.07 Å². The number of nitrogens with one attached hydrogen (secondary N) is 1. The van der Waals surface area contributed by atoms with Gasteiger partial charge in [-0.1, -0.05) is 17.7 Å². The van der Waals surface area contributed by atoms with Crippen molar-refractivity contribution in [3.8, 4) is 5.75 Å². The Morgan fingerprint density at radius 1 is 1.45 bits per heavy atom. The van der Waals surface area contributed by atoms with Gasteiger partial charge in [-0.3, -0.25) is 4.90 Å². The zero-order valence-corrected chi connectivity index (χ0v) is 12.2. The summed E-state index contributed by atoms with van der Waals surface area (Å²) in [5, 5.41) is 13.6. The molecular formula is C15H20ClFN2O. The fourth-order valence-corrected chi connectivity index (χ4v) is 2.86. The molecule has 1 aliphatic heterocycles. The predicted molar refractivity (Wildman–Crippen MR) is 79.7 cm³/mol. The molecular weight excluding hydrogens is 279 g/mol. The smallest absolute Gasteiger partial charge is 0.166 e. The summed E-state index contributed by atoms with van der Waals surface area (Å²) in [6, 6.07) is 2.77. The van der Waals surface area contributed by atoms with E-state index in [1.165, 1.54) is 0 Å². The average molecular weight is 299 g/mol. The molecule has 1 atom stereocenters. The number of aromatic hydroxyl groups is 1. The molecule has 5 heteroatoms. The lowest BCUT2D eigenvalue weighted by Gasteiger charge is -2.35. The van der Waals surface area contributed by atoms with Gasteiger partial charge in [0.2, 0.25) is 0 Å². The van der Waals surface area contributed by atoms with Gasteiger partial charge in [0, 0.05) is 42.8 Å². The monoisotopic (exact) mass is 298 g/mol. The summed E-state index contributed by atoms with van der Waals surface area (Å²) in [6.45, 7) is 7.27. The van der Waals surface area contributed by atoms with Crippen LogP contribution in [0, 0.1) is 5.82 Å². The lowest BCUT2D eigenvalue weighted by molar-refractivity contribution is 0.163. The van der Waals surface area contributed by atoms with Crippen molar-refractivity contribution in [2.75, 3.05) is 26.2 Å². The maximum atomic E-state index is 13.7. The van der Waals surface area contributed by atoms with E-state index in [9.17, 15) is 9.50 Å². The number of phenols is 1. The van der Waals surface area contributed by atoms with Crippen LogP contribution in [0.5, 0.6) is 5.75 Å². The molecule has 0 spiro atoms. The van der Waals surface area contributed by atoms with E-state index in [1.807, 2.05) is 6.08 Å². The molecule has 1 aromatic carbocycles. The molecule has 1 aliphatic rings. The third-order valence-electron chi connectivity index (χ3n) is 3.65. The molecule has 1 fully saturated rings. The van der Waals surface area contributed by atoms with Gasteiger partial charge in [-0.2, -0.15) is 0 Å². The largest absolute Gasteiger partial charge is 0.505 e. The van der Waals surface area contributed by atoms with Crippen molar-refractivity contribution < 1.29 is 9.50 Å². The second-order valence-electron chi connectivity index (χ2n) is 4.99. The highest BCUT2D eigenvalue weighted by atomic mass is 35.5. The molecule has 0 aromatic heterocycles. The molecule has 110 valence electrons. The average Bonchev–Trinajstić information content (AvgIpc) is 2.45. The zero-order valence-electron chi connectivity index (χ0n) is 11.4. The molecule has 2 N–H and O–H groups in total. The Labute approximate surface area is 124 Å². The van der Waals surface area contributed by atoms with E-state index >= 15 is 0 Å². The summed E-state index contributed by atoms with van der Waals surface area (Å²) < 4.78 is 13.7. The third-order valence-corrected chi connectivity index (χ3v) is 3.87.